The van der Waals surface area contributed by atoms with Crippen molar-refractivity contribution in [1.82, 2.24) is 5.32 Å². The minimum atomic E-state index is -4.54. The number of alkyl halides is 3. The van der Waals surface area contributed by atoms with Crippen LogP contribution in [0, 0.1) is 17.3 Å². The van der Waals surface area contributed by atoms with Crippen molar-refractivity contribution in [2.75, 3.05) is 0 Å². The Balaban J connectivity index is 1.62. The molecule has 2 aliphatic rings. The summed E-state index contributed by atoms with van der Waals surface area (Å²) in [6, 6.07) is 8.05. The number of rotatable bonds is 6. The largest absolute Gasteiger partial charge is 0.490 e. The highest BCUT2D eigenvalue weighted by atomic mass is 19.4. The summed E-state index contributed by atoms with van der Waals surface area (Å²) in [6.07, 6.45) is -0.761. The average molecular weight is 478 g/mol. The number of hydrogen-bond donors (Lipinski definition) is 2. The van der Waals surface area contributed by atoms with Gasteiger partial charge in [0, 0.05) is 12.1 Å². The SMILES string of the molecule is CC(N[C@H]1C[C@@H](C(=O)O)C1(C)C)c1ccc2ccc(O[C@H]3CC[C@@H](C)CC3)c(C(F)(F)F)c2c1. The van der Waals surface area contributed by atoms with Crippen molar-refractivity contribution in [3.05, 3.63) is 41.5 Å². The summed E-state index contributed by atoms with van der Waals surface area (Å²) < 4.78 is 48.7. The zero-order chi connectivity index (χ0) is 24.8. The summed E-state index contributed by atoms with van der Waals surface area (Å²) in [6.45, 7) is 7.90. The molecule has 2 fully saturated rings. The van der Waals surface area contributed by atoms with Gasteiger partial charge in [-0.05, 0) is 78.8 Å². The third-order valence-electron chi connectivity index (χ3n) is 8.06. The van der Waals surface area contributed by atoms with Crippen LogP contribution in [-0.2, 0) is 11.0 Å². The number of halogens is 3. The molecule has 0 bridgehead atoms. The Morgan fingerprint density at radius 3 is 2.38 bits per heavy atom. The van der Waals surface area contributed by atoms with Crippen LogP contribution in [0.5, 0.6) is 5.75 Å². The second-order valence-corrected chi connectivity index (χ2v) is 10.8. The van der Waals surface area contributed by atoms with Crippen LogP contribution in [0.2, 0.25) is 0 Å². The van der Waals surface area contributed by atoms with Gasteiger partial charge in [-0.1, -0.05) is 39.0 Å². The molecule has 7 heteroatoms. The van der Waals surface area contributed by atoms with Gasteiger partial charge >= 0.3 is 12.1 Å². The van der Waals surface area contributed by atoms with E-state index in [1.807, 2.05) is 26.8 Å². The van der Waals surface area contributed by atoms with Crippen molar-refractivity contribution in [1.29, 1.82) is 0 Å². The number of hydrogen-bond acceptors (Lipinski definition) is 3. The lowest BCUT2D eigenvalue weighted by Crippen LogP contribution is -2.59. The fourth-order valence-corrected chi connectivity index (χ4v) is 5.53. The lowest BCUT2D eigenvalue weighted by atomic mass is 9.58. The molecule has 34 heavy (non-hydrogen) atoms. The molecule has 4 rings (SSSR count). The van der Waals surface area contributed by atoms with E-state index in [0.717, 1.165) is 31.2 Å². The highest BCUT2D eigenvalue weighted by molar-refractivity contribution is 5.89. The quantitative estimate of drug-likeness (QED) is 0.472. The second-order valence-electron chi connectivity index (χ2n) is 10.8. The maximum atomic E-state index is 14.3. The third kappa shape index (κ3) is 4.77. The number of aliphatic carboxylic acids is 1. The summed E-state index contributed by atoms with van der Waals surface area (Å²) in [5.41, 5.74) is -0.407. The molecule has 4 nitrogen and oxygen atoms in total. The minimum Gasteiger partial charge on any atom is -0.490 e. The molecule has 2 aromatic rings. The predicted octanol–water partition coefficient (Wildman–Crippen LogP) is 6.97. The first-order valence-corrected chi connectivity index (χ1v) is 12.2. The van der Waals surface area contributed by atoms with Gasteiger partial charge in [-0.3, -0.25) is 4.79 Å². The van der Waals surface area contributed by atoms with E-state index in [1.54, 1.807) is 18.2 Å². The molecule has 0 aromatic heterocycles. The molecule has 3 atom stereocenters. The monoisotopic (exact) mass is 477 g/mol. The van der Waals surface area contributed by atoms with Crippen molar-refractivity contribution in [2.24, 2.45) is 17.3 Å². The van der Waals surface area contributed by atoms with E-state index in [9.17, 15) is 23.1 Å². The van der Waals surface area contributed by atoms with Gasteiger partial charge in [-0.2, -0.15) is 13.2 Å². The molecule has 186 valence electrons. The first kappa shape index (κ1) is 24.8. The maximum Gasteiger partial charge on any atom is 0.420 e. The predicted molar refractivity (Wildman–Crippen MR) is 126 cm³/mol. The van der Waals surface area contributed by atoms with Crippen LogP contribution in [0.15, 0.2) is 30.3 Å². The number of ether oxygens (including phenoxy) is 1. The summed E-state index contributed by atoms with van der Waals surface area (Å²) in [5.74, 6) is -0.743. The molecule has 0 aliphatic heterocycles. The van der Waals surface area contributed by atoms with E-state index < -0.39 is 29.0 Å². The molecular weight excluding hydrogens is 443 g/mol. The summed E-state index contributed by atoms with van der Waals surface area (Å²) in [5, 5.41) is 13.5. The zero-order valence-electron chi connectivity index (χ0n) is 20.2. The van der Waals surface area contributed by atoms with Gasteiger partial charge in [0.15, 0.2) is 0 Å². The van der Waals surface area contributed by atoms with Crippen LogP contribution in [0.25, 0.3) is 10.8 Å². The molecular formula is C27H34F3NO3. The van der Waals surface area contributed by atoms with Crippen molar-refractivity contribution >= 4 is 16.7 Å². The Bertz CT molecular complexity index is 1060. The highest BCUT2D eigenvalue weighted by Gasteiger charge is 2.52. The van der Waals surface area contributed by atoms with Gasteiger partial charge in [0.2, 0.25) is 0 Å². The Hall–Kier alpha value is -2.28. The lowest BCUT2D eigenvalue weighted by molar-refractivity contribution is -0.155. The summed E-state index contributed by atoms with van der Waals surface area (Å²) >= 11 is 0. The lowest BCUT2D eigenvalue weighted by Gasteiger charge is -2.51. The second kappa shape index (κ2) is 9.06. The Kier molecular flexibility index (Phi) is 6.62. The van der Waals surface area contributed by atoms with Gasteiger partial charge in [0.25, 0.3) is 0 Å². The van der Waals surface area contributed by atoms with E-state index in [-0.39, 0.29) is 29.3 Å². The van der Waals surface area contributed by atoms with Crippen LogP contribution in [0.1, 0.15) is 77.0 Å². The molecule has 0 heterocycles. The Morgan fingerprint density at radius 2 is 1.79 bits per heavy atom. The van der Waals surface area contributed by atoms with E-state index in [4.69, 9.17) is 4.74 Å². The normalized spacial score (nSPS) is 27.7. The number of carboxylic acids is 1. The molecule has 1 unspecified atom stereocenters. The van der Waals surface area contributed by atoms with E-state index in [1.165, 1.54) is 6.07 Å². The smallest absolute Gasteiger partial charge is 0.420 e. The minimum absolute atomic E-state index is 0.0234. The van der Waals surface area contributed by atoms with Gasteiger partial charge in [0.05, 0.1) is 12.0 Å². The first-order chi connectivity index (χ1) is 15.9. The van der Waals surface area contributed by atoms with E-state index in [0.29, 0.717) is 17.7 Å². The van der Waals surface area contributed by atoms with Crippen LogP contribution >= 0.6 is 0 Å². The Labute approximate surface area is 198 Å². The van der Waals surface area contributed by atoms with Gasteiger partial charge in [-0.25, -0.2) is 0 Å². The summed E-state index contributed by atoms with van der Waals surface area (Å²) in [4.78, 5) is 11.4. The zero-order valence-corrected chi connectivity index (χ0v) is 20.2. The fourth-order valence-electron chi connectivity index (χ4n) is 5.53. The standard InChI is InChI=1S/C27H34F3NO3/c1-15-5-10-19(11-6-15)34-22-12-9-17-7-8-18(13-20(17)24(22)27(28,29)30)16(2)31-23-14-21(25(32)33)26(23,3)4/h7-9,12-13,15-16,19,21,23,31H,5-6,10-11,14H2,1-4H3,(H,32,33)/t15-,16?,19+,21-,23-/m0/s1. The molecule has 0 spiro atoms. The number of benzene rings is 2. The van der Waals surface area contributed by atoms with Crippen LogP contribution in [-0.4, -0.2) is 23.2 Å². The van der Waals surface area contributed by atoms with Crippen molar-refractivity contribution in [3.63, 3.8) is 0 Å². The Morgan fingerprint density at radius 1 is 1.15 bits per heavy atom. The van der Waals surface area contributed by atoms with Crippen molar-refractivity contribution in [2.45, 2.75) is 84.2 Å². The number of carbonyl (C=O) groups is 1. The molecule has 0 amide bonds. The van der Waals surface area contributed by atoms with Crippen LogP contribution in [0.4, 0.5) is 13.2 Å². The van der Waals surface area contributed by atoms with Gasteiger partial charge in [0.1, 0.15) is 11.3 Å². The molecule has 2 aromatic carbocycles. The highest BCUT2D eigenvalue weighted by Crippen LogP contribution is 2.47. The molecule has 0 saturated heterocycles. The van der Waals surface area contributed by atoms with Crippen molar-refractivity contribution in [3.8, 4) is 5.75 Å². The van der Waals surface area contributed by atoms with E-state index >= 15 is 0 Å². The maximum absolute atomic E-state index is 14.3. The number of carboxylic acid groups (broad SMARTS) is 1. The first-order valence-electron chi connectivity index (χ1n) is 12.2. The number of fused-ring (bicyclic) bond motifs is 1. The molecule has 2 saturated carbocycles. The topological polar surface area (TPSA) is 58.6 Å². The molecule has 2 N–H and O–H groups in total. The molecule has 2 aliphatic carbocycles. The molecule has 0 radical (unpaired) electrons. The van der Waals surface area contributed by atoms with Crippen LogP contribution < -0.4 is 10.1 Å². The number of nitrogens with one attached hydrogen (secondary N) is 1. The summed E-state index contributed by atoms with van der Waals surface area (Å²) in [7, 11) is 0. The van der Waals surface area contributed by atoms with Gasteiger partial charge < -0.3 is 15.2 Å². The van der Waals surface area contributed by atoms with E-state index in [2.05, 4.69) is 12.2 Å². The van der Waals surface area contributed by atoms with Gasteiger partial charge in [-0.15, -0.1) is 0 Å². The third-order valence-corrected chi connectivity index (χ3v) is 8.06. The van der Waals surface area contributed by atoms with Crippen LogP contribution in [0.3, 0.4) is 0 Å². The fraction of sp³-hybridized carbons (Fsp3) is 0.593. The van der Waals surface area contributed by atoms with Crippen molar-refractivity contribution < 1.29 is 27.8 Å². The average Bonchev–Trinajstić information content (AvgIpc) is 2.76.